The Kier molecular flexibility index (Phi) is 4.41. The van der Waals surface area contributed by atoms with Crippen LogP contribution in [0.5, 0.6) is 0 Å². The molecule has 2 atom stereocenters. The second kappa shape index (κ2) is 5.65. The van der Waals surface area contributed by atoms with Crippen molar-refractivity contribution in [3.05, 3.63) is 0 Å². The van der Waals surface area contributed by atoms with Crippen LogP contribution < -0.4 is 5.32 Å². The van der Waals surface area contributed by atoms with E-state index in [1.165, 1.54) is 0 Å². The second-order valence-corrected chi connectivity index (χ2v) is 6.88. The van der Waals surface area contributed by atoms with E-state index in [1.54, 1.807) is 4.31 Å². The lowest BCUT2D eigenvalue weighted by Gasteiger charge is -2.24. The predicted octanol–water partition coefficient (Wildman–Crippen LogP) is 0.0365. The number of sulfonamides is 1. The summed E-state index contributed by atoms with van der Waals surface area (Å²) in [4.78, 5) is 0. The molecule has 0 saturated carbocycles. The molecule has 0 aromatic heterocycles. The Labute approximate surface area is 104 Å². The monoisotopic (exact) mass is 262 g/mol. The molecule has 0 radical (unpaired) electrons. The van der Waals surface area contributed by atoms with Crippen molar-refractivity contribution in [3.63, 3.8) is 0 Å². The van der Waals surface area contributed by atoms with E-state index >= 15 is 0 Å². The lowest BCUT2D eigenvalue weighted by Crippen LogP contribution is -2.41. The number of nitrogens with zero attached hydrogens (tertiary/aromatic N) is 1. The zero-order chi connectivity index (χ0) is 12.3. The molecule has 2 aliphatic heterocycles. The van der Waals surface area contributed by atoms with Crippen molar-refractivity contribution in [2.75, 3.05) is 38.6 Å². The number of ether oxygens (including phenoxy) is 1. The molecule has 17 heavy (non-hydrogen) atoms. The van der Waals surface area contributed by atoms with Gasteiger partial charge in [-0.15, -0.1) is 0 Å². The summed E-state index contributed by atoms with van der Waals surface area (Å²) in [7, 11) is -3.12. The first-order valence-electron chi connectivity index (χ1n) is 6.42. The van der Waals surface area contributed by atoms with E-state index in [2.05, 4.69) is 5.32 Å². The van der Waals surface area contributed by atoms with E-state index in [0.717, 1.165) is 19.4 Å². The maximum Gasteiger partial charge on any atom is 0.216 e. The average Bonchev–Trinajstić information content (AvgIpc) is 2.73. The van der Waals surface area contributed by atoms with Crippen molar-refractivity contribution in [1.29, 1.82) is 0 Å². The molecule has 2 heterocycles. The van der Waals surface area contributed by atoms with Crippen LogP contribution in [0.15, 0.2) is 0 Å². The number of hydrogen-bond acceptors (Lipinski definition) is 4. The molecule has 6 heteroatoms. The van der Waals surface area contributed by atoms with Crippen LogP contribution in [0, 0.1) is 5.92 Å². The van der Waals surface area contributed by atoms with Crippen molar-refractivity contribution in [1.82, 2.24) is 9.62 Å². The largest absolute Gasteiger partial charge is 0.381 e. The highest BCUT2D eigenvalue weighted by Gasteiger charge is 2.39. The van der Waals surface area contributed by atoms with Gasteiger partial charge in [0.2, 0.25) is 10.0 Å². The SMILES string of the molecule is CCOCCS(=O)(=O)N1C[C@@H]2CCCN[C@@H]2C1. The summed E-state index contributed by atoms with van der Waals surface area (Å²) in [5.41, 5.74) is 0. The highest BCUT2D eigenvalue weighted by atomic mass is 32.2. The van der Waals surface area contributed by atoms with Gasteiger partial charge in [-0.05, 0) is 32.2 Å². The maximum absolute atomic E-state index is 12.1. The van der Waals surface area contributed by atoms with Gasteiger partial charge in [0.05, 0.1) is 12.4 Å². The summed E-state index contributed by atoms with van der Waals surface area (Å²) in [5.74, 6) is 0.617. The molecule has 1 N–H and O–H groups in total. The van der Waals surface area contributed by atoms with Crippen LogP contribution in [0.3, 0.4) is 0 Å². The fraction of sp³-hybridized carbons (Fsp3) is 1.00. The molecule has 100 valence electrons. The molecule has 0 aliphatic carbocycles. The highest BCUT2D eigenvalue weighted by molar-refractivity contribution is 7.89. The van der Waals surface area contributed by atoms with E-state index in [0.29, 0.717) is 38.3 Å². The lowest BCUT2D eigenvalue weighted by atomic mass is 9.94. The van der Waals surface area contributed by atoms with E-state index in [1.807, 2.05) is 6.92 Å². The number of nitrogens with one attached hydrogen (secondary N) is 1. The fourth-order valence-electron chi connectivity index (χ4n) is 2.67. The fourth-order valence-corrected chi connectivity index (χ4v) is 4.06. The predicted molar refractivity (Wildman–Crippen MR) is 66.4 cm³/mol. The van der Waals surface area contributed by atoms with Crippen LogP contribution in [-0.4, -0.2) is 57.4 Å². The van der Waals surface area contributed by atoms with Gasteiger partial charge in [-0.1, -0.05) is 0 Å². The van der Waals surface area contributed by atoms with Crippen LogP contribution in [0.4, 0.5) is 0 Å². The molecule has 0 amide bonds. The van der Waals surface area contributed by atoms with Gasteiger partial charge in [0.15, 0.2) is 0 Å². The molecular weight excluding hydrogens is 240 g/mol. The van der Waals surface area contributed by atoms with Gasteiger partial charge in [-0.2, -0.15) is 4.31 Å². The highest BCUT2D eigenvalue weighted by Crippen LogP contribution is 2.26. The van der Waals surface area contributed by atoms with Gasteiger partial charge >= 0.3 is 0 Å². The number of piperidine rings is 1. The van der Waals surface area contributed by atoms with Crippen LogP contribution in [-0.2, 0) is 14.8 Å². The Balaban J connectivity index is 1.89. The van der Waals surface area contributed by atoms with Gasteiger partial charge in [-0.3, -0.25) is 0 Å². The Hall–Kier alpha value is -0.170. The minimum atomic E-state index is -3.12. The molecule has 0 bridgehead atoms. The topological polar surface area (TPSA) is 58.6 Å². The molecule has 2 rings (SSSR count). The van der Waals surface area contributed by atoms with Gasteiger partial charge in [0.25, 0.3) is 0 Å². The summed E-state index contributed by atoms with van der Waals surface area (Å²) < 4.78 is 30.9. The number of fused-ring (bicyclic) bond motifs is 1. The summed E-state index contributed by atoms with van der Waals surface area (Å²) in [6.45, 7) is 5.10. The van der Waals surface area contributed by atoms with E-state index in [4.69, 9.17) is 4.74 Å². The third-order valence-corrected chi connectivity index (χ3v) is 5.42. The molecule has 2 aliphatic rings. The number of hydrogen-bond donors (Lipinski definition) is 1. The molecule has 0 aromatic rings. The smallest absolute Gasteiger partial charge is 0.216 e. The first kappa shape index (κ1) is 13.3. The van der Waals surface area contributed by atoms with Crippen LogP contribution in [0.25, 0.3) is 0 Å². The molecule has 5 nitrogen and oxygen atoms in total. The molecule has 2 saturated heterocycles. The van der Waals surface area contributed by atoms with Crippen LogP contribution >= 0.6 is 0 Å². The average molecular weight is 262 g/mol. The van der Waals surface area contributed by atoms with Crippen molar-refractivity contribution in [3.8, 4) is 0 Å². The first-order valence-corrected chi connectivity index (χ1v) is 8.03. The standard InChI is InChI=1S/C11H22N2O3S/c1-2-16-6-7-17(14,15)13-8-10-4-3-5-12-11(10)9-13/h10-12H,2-9H2,1H3/t10-,11+/m0/s1. The van der Waals surface area contributed by atoms with Gasteiger partial charge in [0, 0.05) is 25.7 Å². The minimum absolute atomic E-state index is 0.111. The second-order valence-electron chi connectivity index (χ2n) is 4.79. The Bertz CT molecular complexity index is 331. The van der Waals surface area contributed by atoms with Crippen molar-refractivity contribution < 1.29 is 13.2 Å². The maximum atomic E-state index is 12.1. The Morgan fingerprint density at radius 2 is 2.24 bits per heavy atom. The van der Waals surface area contributed by atoms with Gasteiger partial charge in [0.1, 0.15) is 0 Å². The molecule has 2 fully saturated rings. The lowest BCUT2D eigenvalue weighted by molar-refractivity contribution is 0.162. The minimum Gasteiger partial charge on any atom is -0.381 e. The van der Waals surface area contributed by atoms with Crippen molar-refractivity contribution in [2.24, 2.45) is 5.92 Å². The zero-order valence-electron chi connectivity index (χ0n) is 10.4. The van der Waals surface area contributed by atoms with E-state index in [9.17, 15) is 8.42 Å². The third kappa shape index (κ3) is 3.19. The van der Waals surface area contributed by atoms with Gasteiger partial charge in [-0.25, -0.2) is 8.42 Å². The van der Waals surface area contributed by atoms with Gasteiger partial charge < -0.3 is 10.1 Å². The van der Waals surface area contributed by atoms with E-state index in [-0.39, 0.29) is 5.75 Å². The third-order valence-electron chi connectivity index (χ3n) is 3.65. The summed E-state index contributed by atoms with van der Waals surface area (Å²) in [6.07, 6.45) is 2.31. The van der Waals surface area contributed by atoms with Crippen molar-refractivity contribution in [2.45, 2.75) is 25.8 Å². The molecule has 0 unspecified atom stereocenters. The Morgan fingerprint density at radius 3 is 2.94 bits per heavy atom. The Morgan fingerprint density at radius 1 is 1.41 bits per heavy atom. The summed E-state index contributed by atoms with van der Waals surface area (Å²) >= 11 is 0. The summed E-state index contributed by atoms with van der Waals surface area (Å²) in [6, 6.07) is 0.366. The van der Waals surface area contributed by atoms with Crippen molar-refractivity contribution >= 4 is 10.0 Å². The van der Waals surface area contributed by atoms with Crippen LogP contribution in [0.2, 0.25) is 0 Å². The first-order chi connectivity index (χ1) is 8.13. The molecule has 0 aromatic carbocycles. The summed E-state index contributed by atoms with van der Waals surface area (Å²) in [5, 5.41) is 3.41. The molecule has 0 spiro atoms. The zero-order valence-corrected chi connectivity index (χ0v) is 11.2. The van der Waals surface area contributed by atoms with E-state index < -0.39 is 10.0 Å². The normalized spacial score (nSPS) is 30.4. The number of rotatable bonds is 5. The molecular formula is C11H22N2O3S. The van der Waals surface area contributed by atoms with Crippen LogP contribution in [0.1, 0.15) is 19.8 Å². The quantitative estimate of drug-likeness (QED) is 0.711.